The lowest BCUT2D eigenvalue weighted by Crippen LogP contribution is -2.18. The van der Waals surface area contributed by atoms with Crippen molar-refractivity contribution in [1.29, 1.82) is 0 Å². The minimum atomic E-state index is 0.707. The summed E-state index contributed by atoms with van der Waals surface area (Å²) in [5.41, 5.74) is 8.94. The molecule has 0 amide bonds. The van der Waals surface area contributed by atoms with Crippen LogP contribution >= 0.6 is 0 Å². The molecule has 0 radical (unpaired) electrons. The highest BCUT2D eigenvalue weighted by atomic mass is 16.5. The van der Waals surface area contributed by atoms with Crippen molar-refractivity contribution in [3.8, 4) is 0 Å². The largest absolute Gasteiger partial charge is 0.399 e. The molecule has 0 aliphatic carbocycles. The van der Waals surface area contributed by atoms with Gasteiger partial charge in [0.2, 0.25) is 0 Å². The number of nitrogens with two attached hydrogens (primary N) is 1. The summed E-state index contributed by atoms with van der Waals surface area (Å²) in [5, 5.41) is 0. The fourth-order valence-corrected chi connectivity index (χ4v) is 2.18. The molecule has 2 rings (SSSR count). The third-order valence-corrected chi connectivity index (χ3v) is 3.30. The predicted molar refractivity (Wildman–Crippen MR) is 69.3 cm³/mol. The molecule has 0 bridgehead atoms. The highest BCUT2D eigenvalue weighted by Gasteiger charge is 2.15. The van der Waals surface area contributed by atoms with Crippen molar-refractivity contribution in [2.24, 2.45) is 11.7 Å². The van der Waals surface area contributed by atoms with E-state index in [4.69, 9.17) is 10.5 Å². The second-order valence-corrected chi connectivity index (χ2v) is 4.54. The Bertz CT molecular complexity index is 395. The van der Waals surface area contributed by atoms with Crippen molar-refractivity contribution in [3.63, 3.8) is 0 Å². The molecule has 2 heterocycles. The van der Waals surface area contributed by atoms with Crippen molar-refractivity contribution < 1.29 is 4.74 Å². The van der Waals surface area contributed by atoms with Crippen LogP contribution in [0, 0.1) is 5.92 Å². The second-order valence-electron chi connectivity index (χ2n) is 4.54. The van der Waals surface area contributed by atoms with Crippen molar-refractivity contribution >= 4 is 5.70 Å². The first-order valence-corrected chi connectivity index (χ1v) is 6.24. The first-order chi connectivity index (χ1) is 8.29. The maximum absolute atomic E-state index is 5.91. The number of nitrogens with zero attached hydrogens (tertiary/aromatic N) is 1. The van der Waals surface area contributed by atoms with Crippen LogP contribution in [0.5, 0.6) is 0 Å². The molecule has 3 heteroatoms. The molecule has 17 heavy (non-hydrogen) atoms. The van der Waals surface area contributed by atoms with Crippen molar-refractivity contribution in [1.82, 2.24) is 4.98 Å². The highest BCUT2D eigenvalue weighted by Crippen LogP contribution is 2.20. The minimum Gasteiger partial charge on any atom is -0.399 e. The Labute approximate surface area is 103 Å². The molecule has 92 valence electrons. The number of aromatic nitrogens is 1. The van der Waals surface area contributed by atoms with Crippen molar-refractivity contribution in [3.05, 3.63) is 35.7 Å². The lowest BCUT2D eigenvalue weighted by Gasteiger charge is -2.21. The number of ether oxygens (including phenoxy) is 1. The first-order valence-electron chi connectivity index (χ1n) is 6.24. The zero-order chi connectivity index (χ0) is 12.1. The van der Waals surface area contributed by atoms with Gasteiger partial charge in [-0.25, -0.2) is 0 Å². The van der Waals surface area contributed by atoms with E-state index in [1.165, 1.54) is 0 Å². The standard InChI is InChI=1S/C14H20N2O/c1-2-14(15)12-3-6-16-13(10-12)9-11-4-7-17-8-5-11/h2-3,6,10-11H,4-5,7-9,15H2,1H3/b14-2-. The molecule has 1 aromatic rings. The van der Waals surface area contributed by atoms with Gasteiger partial charge >= 0.3 is 0 Å². The average molecular weight is 232 g/mol. The molecule has 1 aromatic heterocycles. The van der Waals surface area contributed by atoms with Crippen LogP contribution in [0.25, 0.3) is 5.70 Å². The minimum absolute atomic E-state index is 0.707. The zero-order valence-electron chi connectivity index (χ0n) is 10.4. The number of hydrogen-bond acceptors (Lipinski definition) is 3. The normalized spacial score (nSPS) is 18.3. The van der Waals surface area contributed by atoms with Crippen LogP contribution in [0.15, 0.2) is 24.4 Å². The highest BCUT2D eigenvalue weighted by molar-refractivity contribution is 5.62. The number of allylic oxidation sites excluding steroid dienone is 1. The quantitative estimate of drug-likeness (QED) is 0.870. The van der Waals surface area contributed by atoms with E-state index >= 15 is 0 Å². The van der Waals surface area contributed by atoms with Gasteiger partial charge in [0.25, 0.3) is 0 Å². The third kappa shape index (κ3) is 3.30. The summed E-state index contributed by atoms with van der Waals surface area (Å²) in [6.45, 7) is 3.73. The van der Waals surface area contributed by atoms with Gasteiger partial charge in [-0.05, 0) is 44.2 Å². The summed E-state index contributed by atoms with van der Waals surface area (Å²) >= 11 is 0. The van der Waals surface area contributed by atoms with Crippen molar-refractivity contribution in [2.75, 3.05) is 13.2 Å². The zero-order valence-corrected chi connectivity index (χ0v) is 10.4. The van der Waals surface area contributed by atoms with Crippen LogP contribution in [0.1, 0.15) is 31.0 Å². The van der Waals surface area contributed by atoms with Crippen LogP contribution in [0.2, 0.25) is 0 Å². The van der Waals surface area contributed by atoms with Crippen LogP contribution in [-0.4, -0.2) is 18.2 Å². The number of hydrogen-bond donors (Lipinski definition) is 1. The molecule has 3 nitrogen and oxygen atoms in total. The third-order valence-electron chi connectivity index (χ3n) is 3.30. The molecule has 0 aromatic carbocycles. The lowest BCUT2D eigenvalue weighted by atomic mass is 9.94. The van der Waals surface area contributed by atoms with E-state index in [0.29, 0.717) is 5.92 Å². The fraction of sp³-hybridized carbons (Fsp3) is 0.500. The molecular formula is C14H20N2O. The van der Waals surface area contributed by atoms with E-state index in [1.54, 1.807) is 0 Å². The van der Waals surface area contributed by atoms with Crippen LogP contribution in [-0.2, 0) is 11.2 Å². The van der Waals surface area contributed by atoms with Gasteiger partial charge in [0, 0.05) is 36.4 Å². The number of pyridine rings is 1. The molecule has 1 fully saturated rings. The Morgan fingerprint density at radius 2 is 2.29 bits per heavy atom. The van der Waals surface area contributed by atoms with Gasteiger partial charge in [0.15, 0.2) is 0 Å². The van der Waals surface area contributed by atoms with E-state index in [-0.39, 0.29) is 0 Å². The average Bonchev–Trinajstić information content (AvgIpc) is 2.39. The smallest absolute Gasteiger partial charge is 0.0468 e. The Kier molecular flexibility index (Phi) is 4.15. The second kappa shape index (κ2) is 5.82. The Morgan fingerprint density at radius 1 is 1.53 bits per heavy atom. The monoisotopic (exact) mass is 232 g/mol. The van der Waals surface area contributed by atoms with Gasteiger partial charge in [-0.1, -0.05) is 6.08 Å². The molecular weight excluding hydrogens is 212 g/mol. The summed E-state index contributed by atoms with van der Waals surface area (Å²) in [6, 6.07) is 4.06. The topological polar surface area (TPSA) is 48.1 Å². The van der Waals surface area contributed by atoms with Crippen molar-refractivity contribution in [2.45, 2.75) is 26.2 Å². The van der Waals surface area contributed by atoms with Gasteiger partial charge in [-0.15, -0.1) is 0 Å². The first kappa shape index (κ1) is 12.1. The van der Waals surface area contributed by atoms with Gasteiger partial charge in [-0.3, -0.25) is 4.98 Å². The fourth-order valence-electron chi connectivity index (χ4n) is 2.18. The van der Waals surface area contributed by atoms with Gasteiger partial charge in [-0.2, -0.15) is 0 Å². The lowest BCUT2D eigenvalue weighted by molar-refractivity contribution is 0.0663. The van der Waals surface area contributed by atoms with Gasteiger partial charge < -0.3 is 10.5 Å². The maximum atomic E-state index is 5.91. The summed E-state index contributed by atoms with van der Waals surface area (Å²) in [7, 11) is 0. The Hall–Kier alpha value is -1.35. The summed E-state index contributed by atoms with van der Waals surface area (Å²) in [5.74, 6) is 0.707. The Balaban J connectivity index is 2.05. The van der Waals surface area contributed by atoms with Gasteiger partial charge in [0.1, 0.15) is 0 Å². The van der Waals surface area contributed by atoms with E-state index in [1.807, 2.05) is 25.3 Å². The molecule has 0 atom stereocenters. The van der Waals surface area contributed by atoms with E-state index in [0.717, 1.165) is 49.4 Å². The molecule has 1 saturated heterocycles. The van der Waals surface area contributed by atoms with Crippen LogP contribution in [0.3, 0.4) is 0 Å². The molecule has 0 unspecified atom stereocenters. The molecule has 0 saturated carbocycles. The molecule has 2 N–H and O–H groups in total. The van der Waals surface area contributed by atoms with Gasteiger partial charge in [0.05, 0.1) is 0 Å². The SMILES string of the molecule is C/C=C(\N)c1ccnc(CC2CCOCC2)c1. The Morgan fingerprint density at radius 3 is 3.00 bits per heavy atom. The maximum Gasteiger partial charge on any atom is 0.0468 e. The molecule has 1 aliphatic rings. The molecule has 0 spiro atoms. The van der Waals surface area contributed by atoms with E-state index in [9.17, 15) is 0 Å². The summed E-state index contributed by atoms with van der Waals surface area (Å²) in [4.78, 5) is 4.43. The van der Waals surface area contributed by atoms with Crippen LogP contribution in [0.4, 0.5) is 0 Å². The summed E-state index contributed by atoms with van der Waals surface area (Å²) < 4.78 is 5.37. The number of rotatable bonds is 3. The molecule has 1 aliphatic heterocycles. The van der Waals surface area contributed by atoms with E-state index in [2.05, 4.69) is 11.1 Å². The predicted octanol–water partition coefficient (Wildman–Crippen LogP) is 2.37. The van der Waals surface area contributed by atoms with E-state index < -0.39 is 0 Å². The summed E-state index contributed by atoms with van der Waals surface area (Å²) in [6.07, 6.45) is 7.10. The van der Waals surface area contributed by atoms with Crippen LogP contribution < -0.4 is 5.73 Å².